The number of carbonyl (C=O) groups is 1. The smallest absolute Gasteiger partial charge is 0.279 e. The Morgan fingerprint density at radius 1 is 1.50 bits per heavy atom. The lowest BCUT2D eigenvalue weighted by Crippen LogP contribution is -2.19. The highest BCUT2D eigenvalue weighted by atomic mass is 16.5. The summed E-state index contributed by atoms with van der Waals surface area (Å²) in [5.41, 5.74) is 7.20. The highest BCUT2D eigenvalue weighted by molar-refractivity contribution is 6.02. The van der Waals surface area contributed by atoms with Crippen molar-refractivity contribution in [3.63, 3.8) is 0 Å². The highest BCUT2D eigenvalue weighted by Crippen LogP contribution is 2.25. The molecule has 0 fully saturated rings. The van der Waals surface area contributed by atoms with Crippen LogP contribution in [0.4, 0.5) is 5.69 Å². The number of anilines is 1. The fourth-order valence-corrected chi connectivity index (χ4v) is 1.37. The number of benzene rings is 1. The summed E-state index contributed by atoms with van der Waals surface area (Å²) < 4.78 is 0. The Balaban J connectivity index is 2.62. The quantitative estimate of drug-likeness (QED) is 0.436. The van der Waals surface area contributed by atoms with E-state index in [1.165, 1.54) is 0 Å². The number of amides is 1. The van der Waals surface area contributed by atoms with Crippen molar-refractivity contribution in [2.45, 2.75) is 6.54 Å². The Labute approximate surface area is 69.2 Å². The van der Waals surface area contributed by atoms with Crippen molar-refractivity contribution < 1.29 is 10.0 Å². The monoisotopic (exact) mass is 164 g/mol. The summed E-state index contributed by atoms with van der Waals surface area (Å²) in [4.78, 5) is 11.2. The van der Waals surface area contributed by atoms with E-state index in [2.05, 4.69) is 0 Å². The van der Waals surface area contributed by atoms with Crippen molar-refractivity contribution in [3.05, 3.63) is 29.3 Å². The number of carbonyl (C=O) groups excluding carboxylic acids is 1. The van der Waals surface area contributed by atoms with Crippen LogP contribution < -0.4 is 5.73 Å². The number of rotatable bonds is 0. The molecule has 62 valence electrons. The lowest BCUT2D eigenvalue weighted by atomic mass is 10.1. The first kappa shape index (κ1) is 7.12. The van der Waals surface area contributed by atoms with E-state index >= 15 is 0 Å². The summed E-state index contributed by atoms with van der Waals surface area (Å²) in [6, 6.07) is 5.19. The van der Waals surface area contributed by atoms with Gasteiger partial charge in [-0.25, -0.2) is 5.06 Å². The van der Waals surface area contributed by atoms with Crippen molar-refractivity contribution in [1.29, 1.82) is 0 Å². The average molecular weight is 164 g/mol. The first-order valence-electron chi connectivity index (χ1n) is 3.58. The molecule has 1 aromatic carbocycles. The Morgan fingerprint density at radius 2 is 2.25 bits per heavy atom. The third-order valence-corrected chi connectivity index (χ3v) is 1.95. The zero-order chi connectivity index (χ0) is 8.72. The molecule has 0 saturated heterocycles. The lowest BCUT2D eigenvalue weighted by molar-refractivity contribution is -0.0578. The van der Waals surface area contributed by atoms with Crippen LogP contribution in [0.2, 0.25) is 0 Å². The largest absolute Gasteiger partial charge is 0.398 e. The number of hydrogen-bond acceptors (Lipinski definition) is 3. The van der Waals surface area contributed by atoms with Gasteiger partial charge in [-0.3, -0.25) is 10.0 Å². The van der Waals surface area contributed by atoms with E-state index in [1.807, 2.05) is 0 Å². The van der Waals surface area contributed by atoms with Crippen LogP contribution in [0.5, 0.6) is 0 Å². The maximum atomic E-state index is 11.2. The van der Waals surface area contributed by atoms with Crippen LogP contribution in [0.3, 0.4) is 0 Å². The third kappa shape index (κ3) is 0.785. The minimum atomic E-state index is -0.414. The zero-order valence-corrected chi connectivity index (χ0v) is 6.32. The number of nitrogen functional groups attached to an aromatic ring is 1. The summed E-state index contributed by atoms with van der Waals surface area (Å²) >= 11 is 0. The average Bonchev–Trinajstić information content (AvgIpc) is 2.29. The summed E-state index contributed by atoms with van der Waals surface area (Å²) in [5.74, 6) is -0.414. The number of nitrogens with zero attached hydrogens (tertiary/aromatic N) is 1. The molecule has 0 radical (unpaired) electrons. The van der Waals surface area contributed by atoms with Gasteiger partial charge in [-0.15, -0.1) is 0 Å². The molecule has 2 rings (SSSR count). The van der Waals surface area contributed by atoms with Crippen LogP contribution in [-0.2, 0) is 6.54 Å². The number of hydroxylamine groups is 2. The van der Waals surface area contributed by atoms with E-state index in [-0.39, 0.29) is 6.54 Å². The SMILES string of the molecule is Nc1cccc2c1C(=O)N(O)C2. The first-order valence-corrected chi connectivity index (χ1v) is 3.58. The van der Waals surface area contributed by atoms with E-state index in [9.17, 15) is 4.79 Å². The first-order chi connectivity index (χ1) is 5.70. The Kier molecular flexibility index (Phi) is 1.31. The molecule has 0 spiro atoms. The van der Waals surface area contributed by atoms with Crippen LogP contribution in [0.25, 0.3) is 0 Å². The molecule has 0 atom stereocenters. The summed E-state index contributed by atoms with van der Waals surface area (Å²) in [7, 11) is 0. The van der Waals surface area contributed by atoms with Gasteiger partial charge in [0.25, 0.3) is 5.91 Å². The molecule has 1 aliphatic heterocycles. The Morgan fingerprint density at radius 3 is 2.92 bits per heavy atom. The second kappa shape index (κ2) is 2.22. The summed E-state index contributed by atoms with van der Waals surface area (Å²) in [5, 5.41) is 9.74. The Hall–Kier alpha value is -1.55. The van der Waals surface area contributed by atoms with Gasteiger partial charge < -0.3 is 5.73 Å². The van der Waals surface area contributed by atoms with Crippen LogP contribution >= 0.6 is 0 Å². The molecule has 3 N–H and O–H groups in total. The standard InChI is InChI=1S/C8H8N2O2/c9-6-3-1-2-5-4-10(12)8(11)7(5)6/h1-3,12H,4,9H2. The van der Waals surface area contributed by atoms with Crippen LogP contribution in [0.15, 0.2) is 18.2 Å². The van der Waals surface area contributed by atoms with Gasteiger partial charge in [-0.1, -0.05) is 12.1 Å². The molecule has 0 unspecified atom stereocenters. The van der Waals surface area contributed by atoms with Crippen molar-refractivity contribution in [2.75, 3.05) is 5.73 Å². The molecule has 1 aliphatic rings. The molecule has 0 bridgehead atoms. The molecule has 1 amide bonds. The maximum Gasteiger partial charge on any atom is 0.279 e. The normalized spacial score (nSPS) is 15.1. The van der Waals surface area contributed by atoms with Crippen LogP contribution in [0.1, 0.15) is 15.9 Å². The van der Waals surface area contributed by atoms with Crippen molar-refractivity contribution in [3.8, 4) is 0 Å². The van der Waals surface area contributed by atoms with Crippen molar-refractivity contribution in [1.82, 2.24) is 5.06 Å². The van der Waals surface area contributed by atoms with Crippen molar-refractivity contribution >= 4 is 11.6 Å². The molecule has 4 heteroatoms. The molecular weight excluding hydrogens is 156 g/mol. The van der Waals surface area contributed by atoms with Gasteiger partial charge >= 0.3 is 0 Å². The van der Waals surface area contributed by atoms with Gasteiger partial charge in [0.1, 0.15) is 0 Å². The predicted octanol–water partition coefficient (Wildman–Crippen LogP) is 0.614. The van der Waals surface area contributed by atoms with E-state index < -0.39 is 5.91 Å². The van der Waals surface area contributed by atoms with Gasteiger partial charge in [-0.2, -0.15) is 0 Å². The predicted molar refractivity (Wildman–Crippen MR) is 42.5 cm³/mol. The number of nitrogens with two attached hydrogens (primary N) is 1. The summed E-state index contributed by atoms with van der Waals surface area (Å²) in [6.45, 7) is 0.235. The molecular formula is C8H8N2O2. The molecule has 1 heterocycles. The second-order valence-electron chi connectivity index (χ2n) is 2.74. The molecule has 0 aromatic heterocycles. The molecule has 12 heavy (non-hydrogen) atoms. The van der Waals surface area contributed by atoms with E-state index in [4.69, 9.17) is 10.9 Å². The van der Waals surface area contributed by atoms with Gasteiger partial charge in [0.05, 0.1) is 12.1 Å². The number of fused-ring (bicyclic) bond motifs is 1. The van der Waals surface area contributed by atoms with E-state index in [0.717, 1.165) is 5.56 Å². The van der Waals surface area contributed by atoms with E-state index in [0.29, 0.717) is 16.3 Å². The van der Waals surface area contributed by atoms with Gasteiger partial charge in [0, 0.05) is 5.69 Å². The van der Waals surface area contributed by atoms with Gasteiger partial charge in [0.15, 0.2) is 0 Å². The number of hydrogen-bond donors (Lipinski definition) is 2. The molecule has 4 nitrogen and oxygen atoms in total. The van der Waals surface area contributed by atoms with Gasteiger partial charge in [-0.05, 0) is 11.6 Å². The fraction of sp³-hybridized carbons (Fsp3) is 0.125. The zero-order valence-electron chi connectivity index (χ0n) is 6.32. The van der Waals surface area contributed by atoms with Crippen LogP contribution in [0, 0.1) is 0 Å². The minimum Gasteiger partial charge on any atom is -0.398 e. The second-order valence-corrected chi connectivity index (χ2v) is 2.74. The highest BCUT2D eigenvalue weighted by Gasteiger charge is 2.27. The van der Waals surface area contributed by atoms with Gasteiger partial charge in [0.2, 0.25) is 0 Å². The lowest BCUT2D eigenvalue weighted by Gasteiger charge is -2.02. The summed E-state index contributed by atoms with van der Waals surface area (Å²) in [6.07, 6.45) is 0. The van der Waals surface area contributed by atoms with Crippen molar-refractivity contribution in [2.24, 2.45) is 0 Å². The van der Waals surface area contributed by atoms with Crippen LogP contribution in [-0.4, -0.2) is 16.2 Å². The molecule has 1 aromatic rings. The third-order valence-electron chi connectivity index (χ3n) is 1.95. The molecule has 0 saturated carbocycles. The maximum absolute atomic E-state index is 11.2. The topological polar surface area (TPSA) is 66.6 Å². The Bertz CT molecular complexity index is 349. The van der Waals surface area contributed by atoms with E-state index in [1.54, 1.807) is 18.2 Å². The molecule has 0 aliphatic carbocycles. The minimum absolute atomic E-state index is 0.235. The fourth-order valence-electron chi connectivity index (χ4n) is 1.37.